The van der Waals surface area contributed by atoms with Crippen LogP contribution in [0.15, 0.2) is 18.3 Å². The third kappa shape index (κ3) is 1.11. The van der Waals surface area contributed by atoms with Gasteiger partial charge in [0.1, 0.15) is 11.5 Å². The van der Waals surface area contributed by atoms with Crippen LogP contribution in [-0.4, -0.2) is 21.6 Å². The first kappa shape index (κ1) is 7.62. The van der Waals surface area contributed by atoms with Crippen LogP contribution >= 0.6 is 0 Å². The van der Waals surface area contributed by atoms with Crippen LogP contribution < -0.4 is 5.32 Å². The number of hydrogen-bond acceptors (Lipinski definition) is 3. The molecule has 0 aromatic carbocycles. The average molecular weight is 172 g/mol. The van der Waals surface area contributed by atoms with Crippen LogP contribution in [0.2, 0.25) is 0 Å². The number of rotatable bonds is 1. The fourth-order valence-corrected chi connectivity index (χ4v) is 1.11. The Hall–Kier alpha value is -2.02. The molecule has 0 spiro atoms. The Labute approximate surface area is 75.6 Å². The minimum Gasteiger partial charge on any atom is -0.372 e. The largest absolute Gasteiger partial charge is 0.372 e. The number of hydrogen-bond donors (Lipinski definition) is 1. The Bertz CT molecular complexity index is 478. The standard InChI is InChI=1S/C9H8N4/c1-3-7-6-11-9-5-4-8(10-2)12-13(7)9/h1,4-6H,2H3,(H,10,12). The molecule has 0 atom stereocenters. The molecule has 0 saturated heterocycles. The topological polar surface area (TPSA) is 42.2 Å². The second kappa shape index (κ2) is 2.79. The van der Waals surface area contributed by atoms with Crippen molar-refractivity contribution in [1.29, 1.82) is 0 Å². The summed E-state index contributed by atoms with van der Waals surface area (Å²) in [5.74, 6) is 3.28. The predicted octanol–water partition coefficient (Wildman–Crippen LogP) is 0.752. The van der Waals surface area contributed by atoms with E-state index in [9.17, 15) is 0 Å². The van der Waals surface area contributed by atoms with Gasteiger partial charge >= 0.3 is 0 Å². The summed E-state index contributed by atoms with van der Waals surface area (Å²) in [6, 6.07) is 3.71. The zero-order valence-corrected chi connectivity index (χ0v) is 7.15. The number of nitrogens with one attached hydrogen (secondary N) is 1. The third-order valence-corrected chi connectivity index (χ3v) is 1.77. The first-order valence-corrected chi connectivity index (χ1v) is 3.84. The molecule has 0 amide bonds. The Morgan fingerprint density at radius 2 is 2.38 bits per heavy atom. The van der Waals surface area contributed by atoms with Crippen LogP contribution in [0.25, 0.3) is 5.65 Å². The molecule has 2 rings (SSSR count). The van der Waals surface area contributed by atoms with Crippen molar-refractivity contribution >= 4 is 11.5 Å². The summed E-state index contributed by atoms with van der Waals surface area (Å²) in [4.78, 5) is 4.10. The molecule has 2 heterocycles. The van der Waals surface area contributed by atoms with Crippen molar-refractivity contribution in [3.05, 3.63) is 24.0 Å². The minimum absolute atomic E-state index is 0.659. The van der Waals surface area contributed by atoms with E-state index in [-0.39, 0.29) is 0 Å². The number of fused-ring (bicyclic) bond motifs is 1. The highest BCUT2D eigenvalue weighted by atomic mass is 15.3. The van der Waals surface area contributed by atoms with Crippen LogP contribution in [0.1, 0.15) is 5.69 Å². The van der Waals surface area contributed by atoms with Gasteiger partial charge in [0.25, 0.3) is 0 Å². The van der Waals surface area contributed by atoms with Crippen LogP contribution in [0.3, 0.4) is 0 Å². The highest BCUT2D eigenvalue weighted by Crippen LogP contribution is 2.07. The molecule has 0 aliphatic carbocycles. The monoisotopic (exact) mass is 172 g/mol. The van der Waals surface area contributed by atoms with Gasteiger partial charge in [-0.15, -0.1) is 11.5 Å². The van der Waals surface area contributed by atoms with Gasteiger partial charge < -0.3 is 5.32 Å². The van der Waals surface area contributed by atoms with E-state index in [1.807, 2.05) is 12.1 Å². The lowest BCUT2D eigenvalue weighted by Crippen LogP contribution is -1.99. The lowest BCUT2D eigenvalue weighted by Gasteiger charge is -1.99. The molecule has 2 aromatic heterocycles. The lowest BCUT2D eigenvalue weighted by molar-refractivity contribution is 0.927. The summed E-state index contributed by atoms with van der Waals surface area (Å²) in [7, 11) is 1.81. The van der Waals surface area contributed by atoms with Crippen LogP contribution in [0, 0.1) is 12.3 Å². The zero-order chi connectivity index (χ0) is 9.26. The van der Waals surface area contributed by atoms with Crippen molar-refractivity contribution in [3.8, 4) is 12.3 Å². The summed E-state index contributed by atoms with van der Waals surface area (Å²) in [6.07, 6.45) is 6.91. The number of imidazole rings is 1. The second-order valence-electron chi connectivity index (χ2n) is 2.53. The van der Waals surface area contributed by atoms with Gasteiger partial charge in [-0.3, -0.25) is 0 Å². The van der Waals surface area contributed by atoms with Gasteiger partial charge in [-0.1, -0.05) is 0 Å². The molecule has 0 aliphatic rings. The molecule has 4 nitrogen and oxygen atoms in total. The first-order chi connectivity index (χ1) is 6.35. The van der Waals surface area contributed by atoms with E-state index in [4.69, 9.17) is 6.42 Å². The van der Waals surface area contributed by atoms with Crippen molar-refractivity contribution in [2.75, 3.05) is 12.4 Å². The smallest absolute Gasteiger partial charge is 0.155 e. The maximum atomic E-state index is 5.28. The van der Waals surface area contributed by atoms with Gasteiger partial charge in [0.05, 0.1) is 6.20 Å². The molecule has 4 heteroatoms. The Morgan fingerprint density at radius 3 is 3.08 bits per heavy atom. The fourth-order valence-electron chi connectivity index (χ4n) is 1.11. The number of aromatic nitrogens is 3. The van der Waals surface area contributed by atoms with E-state index >= 15 is 0 Å². The van der Waals surface area contributed by atoms with E-state index in [1.165, 1.54) is 0 Å². The maximum absolute atomic E-state index is 5.28. The number of anilines is 1. The molecule has 1 N–H and O–H groups in total. The molecular weight excluding hydrogens is 164 g/mol. The molecule has 13 heavy (non-hydrogen) atoms. The van der Waals surface area contributed by atoms with Crippen molar-refractivity contribution < 1.29 is 0 Å². The van der Waals surface area contributed by atoms with Gasteiger partial charge in [-0.2, -0.15) is 0 Å². The van der Waals surface area contributed by atoms with Gasteiger partial charge in [-0.25, -0.2) is 9.50 Å². The Balaban J connectivity index is 2.73. The summed E-state index contributed by atoms with van der Waals surface area (Å²) >= 11 is 0. The van der Waals surface area contributed by atoms with E-state index in [0.29, 0.717) is 5.69 Å². The second-order valence-corrected chi connectivity index (χ2v) is 2.53. The molecule has 0 unspecified atom stereocenters. The molecule has 0 radical (unpaired) electrons. The molecule has 0 aliphatic heterocycles. The van der Waals surface area contributed by atoms with Crippen LogP contribution in [0.4, 0.5) is 5.82 Å². The quantitative estimate of drug-likeness (QED) is 0.645. The van der Waals surface area contributed by atoms with Gasteiger partial charge in [0.15, 0.2) is 5.65 Å². The summed E-state index contributed by atoms with van der Waals surface area (Å²) in [5.41, 5.74) is 1.42. The molecule has 0 saturated carbocycles. The number of nitrogens with zero attached hydrogens (tertiary/aromatic N) is 3. The van der Waals surface area contributed by atoms with Gasteiger partial charge in [-0.05, 0) is 18.1 Å². The van der Waals surface area contributed by atoms with E-state index in [1.54, 1.807) is 17.8 Å². The zero-order valence-electron chi connectivity index (χ0n) is 7.15. The Kier molecular flexibility index (Phi) is 1.64. The first-order valence-electron chi connectivity index (χ1n) is 3.84. The van der Waals surface area contributed by atoms with E-state index in [0.717, 1.165) is 11.5 Å². The molecule has 64 valence electrons. The van der Waals surface area contributed by atoms with Crippen molar-refractivity contribution in [2.45, 2.75) is 0 Å². The molecule has 2 aromatic rings. The predicted molar refractivity (Wildman–Crippen MR) is 50.5 cm³/mol. The summed E-state index contributed by atoms with van der Waals surface area (Å²) < 4.78 is 1.63. The minimum atomic E-state index is 0.659. The van der Waals surface area contributed by atoms with Crippen molar-refractivity contribution in [2.24, 2.45) is 0 Å². The summed E-state index contributed by atoms with van der Waals surface area (Å²) in [5, 5.41) is 7.16. The normalized spacial score (nSPS) is 9.85. The van der Waals surface area contributed by atoms with Crippen molar-refractivity contribution in [3.63, 3.8) is 0 Å². The average Bonchev–Trinajstić information content (AvgIpc) is 2.59. The number of terminal acetylenes is 1. The van der Waals surface area contributed by atoms with Crippen LogP contribution in [0.5, 0.6) is 0 Å². The van der Waals surface area contributed by atoms with Gasteiger partial charge in [0.2, 0.25) is 0 Å². The summed E-state index contributed by atoms with van der Waals surface area (Å²) in [6.45, 7) is 0. The molecular formula is C9H8N4. The van der Waals surface area contributed by atoms with E-state index in [2.05, 4.69) is 21.3 Å². The van der Waals surface area contributed by atoms with Crippen molar-refractivity contribution in [1.82, 2.24) is 14.6 Å². The molecule has 0 bridgehead atoms. The van der Waals surface area contributed by atoms with E-state index < -0.39 is 0 Å². The SMILES string of the molecule is C#Cc1cnc2ccc(NC)nn12. The Morgan fingerprint density at radius 1 is 1.54 bits per heavy atom. The lowest BCUT2D eigenvalue weighted by atomic mass is 10.5. The van der Waals surface area contributed by atoms with Crippen LogP contribution in [-0.2, 0) is 0 Å². The highest BCUT2D eigenvalue weighted by molar-refractivity contribution is 5.47. The maximum Gasteiger partial charge on any atom is 0.155 e. The molecule has 0 fully saturated rings. The fraction of sp³-hybridized carbons (Fsp3) is 0.111. The highest BCUT2D eigenvalue weighted by Gasteiger charge is 2.01. The third-order valence-electron chi connectivity index (χ3n) is 1.77. The van der Waals surface area contributed by atoms with Gasteiger partial charge in [0, 0.05) is 7.05 Å².